The van der Waals surface area contributed by atoms with Crippen molar-refractivity contribution in [2.24, 2.45) is 5.73 Å². The van der Waals surface area contributed by atoms with E-state index in [2.05, 4.69) is 20.2 Å². The van der Waals surface area contributed by atoms with Crippen molar-refractivity contribution in [3.63, 3.8) is 0 Å². The second-order valence-corrected chi connectivity index (χ2v) is 7.12. The van der Waals surface area contributed by atoms with Gasteiger partial charge in [-0.3, -0.25) is 9.59 Å². The van der Waals surface area contributed by atoms with Crippen LogP contribution in [-0.4, -0.2) is 33.4 Å². The van der Waals surface area contributed by atoms with Crippen LogP contribution >= 0.6 is 0 Å². The number of carbonyl (C=O) groups is 2. The highest BCUT2D eigenvalue weighted by Gasteiger charge is 2.29. The summed E-state index contributed by atoms with van der Waals surface area (Å²) in [7, 11) is 0. The summed E-state index contributed by atoms with van der Waals surface area (Å²) in [6.45, 7) is 0.965. The van der Waals surface area contributed by atoms with Crippen LogP contribution in [0.1, 0.15) is 31.4 Å². The van der Waals surface area contributed by atoms with E-state index in [0.29, 0.717) is 5.69 Å². The Morgan fingerprint density at radius 3 is 2.85 bits per heavy atom. The third-order valence-corrected chi connectivity index (χ3v) is 5.10. The lowest BCUT2D eigenvalue weighted by Crippen LogP contribution is -2.52. The van der Waals surface area contributed by atoms with Crippen molar-refractivity contribution in [1.82, 2.24) is 14.9 Å². The molecule has 0 bridgehead atoms. The fraction of sp³-hybridized carbons (Fsp3) is 0.421. The molecule has 136 valence electrons. The Bertz CT molecular complexity index is 838. The number of aromatic nitrogens is 2. The van der Waals surface area contributed by atoms with Crippen LogP contribution in [0, 0.1) is 0 Å². The van der Waals surface area contributed by atoms with Crippen LogP contribution in [0.2, 0.25) is 0 Å². The molecule has 2 aromatic rings. The van der Waals surface area contributed by atoms with Gasteiger partial charge in [-0.2, -0.15) is 0 Å². The molecular formula is C19H23N5O2. The number of nitrogens with one attached hydrogen (secondary N) is 2. The standard InChI is InChI=1S/C19H23N5O2/c20-13-9-15(10-13)23-19(26)18(25)22-14-5-3-4-12(8-14)17-21-11-16-6-1-2-7-24(16)17/h3-5,8,11,13,15H,1-2,6-7,9-10,20H2,(H,22,25)(H,23,26). The first-order chi connectivity index (χ1) is 12.6. The molecule has 0 atom stereocenters. The molecule has 2 aliphatic rings. The van der Waals surface area contributed by atoms with E-state index in [9.17, 15) is 9.59 Å². The zero-order chi connectivity index (χ0) is 18.1. The SMILES string of the molecule is NC1CC(NC(=O)C(=O)Nc2cccc(-c3ncc4n3CCCC4)c2)C1. The molecule has 2 amide bonds. The Morgan fingerprint density at radius 2 is 2.04 bits per heavy atom. The van der Waals surface area contributed by atoms with Crippen molar-refractivity contribution in [1.29, 1.82) is 0 Å². The number of nitrogens with zero attached hydrogens (tertiary/aromatic N) is 2. The highest BCUT2D eigenvalue weighted by atomic mass is 16.2. The number of hydrogen-bond acceptors (Lipinski definition) is 4. The van der Waals surface area contributed by atoms with E-state index in [1.54, 1.807) is 6.07 Å². The van der Waals surface area contributed by atoms with Gasteiger partial charge in [0.1, 0.15) is 5.82 Å². The lowest BCUT2D eigenvalue weighted by atomic mass is 9.87. The summed E-state index contributed by atoms with van der Waals surface area (Å²) < 4.78 is 2.23. The van der Waals surface area contributed by atoms with E-state index in [1.165, 1.54) is 12.1 Å². The zero-order valence-corrected chi connectivity index (χ0v) is 14.6. The number of nitrogens with two attached hydrogens (primary N) is 1. The normalized spacial score (nSPS) is 21.4. The molecule has 1 aliphatic carbocycles. The van der Waals surface area contributed by atoms with Gasteiger partial charge in [-0.05, 0) is 44.2 Å². The summed E-state index contributed by atoms with van der Waals surface area (Å²) in [5.41, 5.74) is 8.46. The van der Waals surface area contributed by atoms with Gasteiger partial charge in [0.05, 0.1) is 0 Å². The Kier molecular flexibility index (Phi) is 4.46. The van der Waals surface area contributed by atoms with E-state index in [1.807, 2.05) is 24.4 Å². The molecule has 0 unspecified atom stereocenters. The molecular weight excluding hydrogens is 330 g/mol. The maximum absolute atomic E-state index is 12.1. The number of anilines is 1. The molecule has 0 saturated heterocycles. The fourth-order valence-corrected chi connectivity index (χ4v) is 3.62. The lowest BCUT2D eigenvalue weighted by molar-refractivity contribution is -0.137. The van der Waals surface area contributed by atoms with Gasteiger partial charge in [0.25, 0.3) is 0 Å². The minimum absolute atomic E-state index is 0.00558. The maximum Gasteiger partial charge on any atom is 0.313 e. The largest absolute Gasteiger partial charge is 0.345 e. The number of imidazole rings is 1. The van der Waals surface area contributed by atoms with Crippen molar-refractivity contribution in [2.75, 3.05) is 5.32 Å². The molecule has 7 heteroatoms. The predicted molar refractivity (Wildman–Crippen MR) is 98.4 cm³/mol. The molecule has 4 rings (SSSR count). The van der Waals surface area contributed by atoms with E-state index in [0.717, 1.165) is 43.6 Å². The Hall–Kier alpha value is -2.67. The molecule has 1 aromatic heterocycles. The molecule has 1 aliphatic heterocycles. The van der Waals surface area contributed by atoms with Gasteiger partial charge in [-0.1, -0.05) is 12.1 Å². The van der Waals surface area contributed by atoms with E-state index in [4.69, 9.17) is 5.73 Å². The van der Waals surface area contributed by atoms with Gasteiger partial charge in [-0.15, -0.1) is 0 Å². The number of benzene rings is 1. The zero-order valence-electron chi connectivity index (χ0n) is 14.6. The van der Waals surface area contributed by atoms with Crippen molar-refractivity contribution >= 4 is 17.5 Å². The van der Waals surface area contributed by atoms with Crippen LogP contribution in [0.15, 0.2) is 30.5 Å². The number of amides is 2. The lowest BCUT2D eigenvalue weighted by Gasteiger charge is -2.32. The van der Waals surface area contributed by atoms with Crippen LogP contribution in [0.5, 0.6) is 0 Å². The number of rotatable bonds is 3. The fourth-order valence-electron chi connectivity index (χ4n) is 3.62. The highest BCUT2D eigenvalue weighted by Crippen LogP contribution is 2.26. The van der Waals surface area contributed by atoms with Gasteiger partial charge in [0, 0.05) is 41.8 Å². The van der Waals surface area contributed by atoms with Crippen LogP contribution < -0.4 is 16.4 Å². The number of fused-ring (bicyclic) bond motifs is 1. The summed E-state index contributed by atoms with van der Waals surface area (Å²) >= 11 is 0. The van der Waals surface area contributed by atoms with Gasteiger partial charge < -0.3 is 20.9 Å². The molecule has 4 N–H and O–H groups in total. The number of aryl methyl sites for hydroxylation is 1. The van der Waals surface area contributed by atoms with E-state index < -0.39 is 11.8 Å². The van der Waals surface area contributed by atoms with Crippen molar-refractivity contribution in [2.45, 2.75) is 50.7 Å². The van der Waals surface area contributed by atoms with Crippen molar-refractivity contribution < 1.29 is 9.59 Å². The van der Waals surface area contributed by atoms with E-state index >= 15 is 0 Å². The van der Waals surface area contributed by atoms with Crippen molar-refractivity contribution in [3.8, 4) is 11.4 Å². The van der Waals surface area contributed by atoms with Crippen LogP contribution in [0.4, 0.5) is 5.69 Å². The van der Waals surface area contributed by atoms with E-state index in [-0.39, 0.29) is 12.1 Å². The summed E-state index contributed by atoms with van der Waals surface area (Å²) in [6, 6.07) is 7.59. The molecule has 0 spiro atoms. The average molecular weight is 353 g/mol. The molecule has 1 fully saturated rings. The predicted octanol–water partition coefficient (Wildman–Crippen LogP) is 1.43. The molecule has 1 aromatic carbocycles. The highest BCUT2D eigenvalue weighted by molar-refractivity contribution is 6.39. The minimum Gasteiger partial charge on any atom is -0.345 e. The molecule has 26 heavy (non-hydrogen) atoms. The second kappa shape index (κ2) is 6.92. The minimum atomic E-state index is -0.659. The summed E-state index contributed by atoms with van der Waals surface area (Å²) in [5.74, 6) is -0.373. The molecule has 2 heterocycles. The molecule has 1 saturated carbocycles. The third-order valence-electron chi connectivity index (χ3n) is 5.10. The number of carbonyl (C=O) groups excluding carboxylic acids is 2. The first-order valence-electron chi connectivity index (χ1n) is 9.12. The Labute approximate surface area is 152 Å². The van der Waals surface area contributed by atoms with Gasteiger partial charge in [-0.25, -0.2) is 4.98 Å². The first-order valence-corrected chi connectivity index (χ1v) is 9.12. The average Bonchev–Trinajstić information content (AvgIpc) is 3.04. The topological polar surface area (TPSA) is 102 Å². The first kappa shape index (κ1) is 16.8. The van der Waals surface area contributed by atoms with Crippen LogP contribution in [0.3, 0.4) is 0 Å². The second-order valence-electron chi connectivity index (χ2n) is 7.12. The van der Waals surface area contributed by atoms with Crippen molar-refractivity contribution in [3.05, 3.63) is 36.2 Å². The summed E-state index contributed by atoms with van der Waals surface area (Å²) in [6.07, 6.45) is 6.77. The molecule has 7 nitrogen and oxygen atoms in total. The monoisotopic (exact) mass is 353 g/mol. The smallest absolute Gasteiger partial charge is 0.313 e. The quantitative estimate of drug-likeness (QED) is 0.727. The Balaban J connectivity index is 1.45. The maximum atomic E-state index is 12.1. The molecule has 0 radical (unpaired) electrons. The van der Waals surface area contributed by atoms with Gasteiger partial charge >= 0.3 is 11.8 Å². The Morgan fingerprint density at radius 1 is 1.19 bits per heavy atom. The third kappa shape index (κ3) is 3.35. The van der Waals surface area contributed by atoms with Gasteiger partial charge in [0.15, 0.2) is 0 Å². The summed E-state index contributed by atoms with van der Waals surface area (Å²) in [5, 5.41) is 5.37. The van der Waals surface area contributed by atoms with Gasteiger partial charge in [0.2, 0.25) is 0 Å². The van der Waals surface area contributed by atoms with Crippen LogP contribution in [-0.2, 0) is 22.6 Å². The number of hydrogen-bond donors (Lipinski definition) is 3. The van der Waals surface area contributed by atoms with Crippen LogP contribution in [0.25, 0.3) is 11.4 Å². The summed E-state index contributed by atoms with van der Waals surface area (Å²) in [4.78, 5) is 28.7.